The summed E-state index contributed by atoms with van der Waals surface area (Å²) < 4.78 is 11.4. The van der Waals surface area contributed by atoms with E-state index in [0.717, 1.165) is 44.1 Å². The van der Waals surface area contributed by atoms with Crippen LogP contribution in [0.1, 0.15) is 110 Å². The molecule has 0 radical (unpaired) electrons. The molecule has 6 rings (SSSR count). The van der Waals surface area contributed by atoms with Gasteiger partial charge in [0.25, 0.3) is 0 Å². The third-order valence-corrected chi connectivity index (χ3v) is 14.0. The first kappa shape index (κ1) is 36.9. The molecule has 0 aromatic heterocycles. The van der Waals surface area contributed by atoms with Gasteiger partial charge >= 0.3 is 5.97 Å². The molecule has 1 amide bonds. The molecule has 9 heteroatoms. The molecule has 50 heavy (non-hydrogen) atoms. The summed E-state index contributed by atoms with van der Waals surface area (Å²) in [5.74, 6) is -0.747. The van der Waals surface area contributed by atoms with Gasteiger partial charge in [0, 0.05) is 36.8 Å². The fraction of sp³-hybridized carbons (Fsp3) is 0.707. The van der Waals surface area contributed by atoms with E-state index in [0.29, 0.717) is 31.9 Å². The number of aliphatic hydroxyl groups is 2. The van der Waals surface area contributed by atoms with Crippen LogP contribution < -0.4 is 5.32 Å². The van der Waals surface area contributed by atoms with E-state index in [1.54, 1.807) is 6.08 Å². The van der Waals surface area contributed by atoms with Crippen LogP contribution in [0.3, 0.4) is 0 Å². The van der Waals surface area contributed by atoms with Crippen molar-refractivity contribution < 1.29 is 38.9 Å². The van der Waals surface area contributed by atoms with Crippen LogP contribution >= 0.6 is 0 Å². The molecule has 3 N–H and O–H groups in total. The molecule has 9 atom stereocenters. The maximum Gasteiger partial charge on any atom is 0.306 e. The largest absolute Gasteiger partial charge is 0.458 e. The van der Waals surface area contributed by atoms with E-state index in [9.17, 15) is 29.4 Å². The lowest BCUT2D eigenvalue weighted by Gasteiger charge is -2.60. The molecule has 1 aromatic rings. The first-order valence-corrected chi connectivity index (χ1v) is 19.0. The number of rotatable bonds is 11. The number of aliphatic hydroxyl groups excluding tert-OH is 1. The van der Waals surface area contributed by atoms with Gasteiger partial charge in [-0.1, -0.05) is 63.6 Å². The number of carbonyl (C=O) groups is 4. The number of fused-ring (bicyclic) bond motifs is 5. The first-order valence-electron chi connectivity index (χ1n) is 19.0. The molecule has 4 aliphatic carbocycles. The number of hydrogen-bond acceptors (Lipinski definition) is 8. The third-order valence-electron chi connectivity index (χ3n) is 14.0. The molecule has 9 nitrogen and oxygen atoms in total. The fourth-order valence-electron chi connectivity index (χ4n) is 11.0. The van der Waals surface area contributed by atoms with E-state index >= 15 is 0 Å². The smallest absolute Gasteiger partial charge is 0.306 e. The Labute approximate surface area is 296 Å². The number of allylic oxidation sites excluding steroid dienone is 1. The molecule has 4 fully saturated rings. The van der Waals surface area contributed by atoms with Gasteiger partial charge in [0.2, 0.25) is 11.7 Å². The van der Waals surface area contributed by atoms with Gasteiger partial charge in [-0.2, -0.15) is 0 Å². The summed E-state index contributed by atoms with van der Waals surface area (Å²) in [4.78, 5) is 51.3. The number of esters is 1. The first-order chi connectivity index (χ1) is 23.7. The van der Waals surface area contributed by atoms with Gasteiger partial charge in [0.1, 0.15) is 5.60 Å². The molecular weight excluding hydrogens is 634 g/mol. The number of ketones is 2. The Hall–Kier alpha value is -2.88. The third kappa shape index (κ3) is 6.63. The number of hydrogen-bond donors (Lipinski definition) is 3. The summed E-state index contributed by atoms with van der Waals surface area (Å²) in [5, 5.41) is 26.6. The maximum absolute atomic E-state index is 13.6. The van der Waals surface area contributed by atoms with Gasteiger partial charge < -0.3 is 25.0 Å². The SMILES string of the molecule is CC(C)C1CC(CCNC(=O)CCC(=O)OCC(=O)[C@@]2(O)CC[C@H]3[C@@H]4CCC5=CC(=O)CC[C@]5(C)[C@H]4[C@@H](O)C[C@@]32C)(c2ccccc2)CCO1. The molecule has 274 valence electrons. The minimum absolute atomic E-state index is 0.0207. The minimum atomic E-state index is -1.71. The van der Waals surface area contributed by atoms with E-state index in [1.807, 2.05) is 13.0 Å². The summed E-state index contributed by atoms with van der Waals surface area (Å²) in [6.45, 7) is 9.02. The number of carbonyl (C=O) groups excluding carboxylic acids is 4. The molecule has 2 unspecified atom stereocenters. The summed E-state index contributed by atoms with van der Waals surface area (Å²) in [6, 6.07) is 10.4. The van der Waals surface area contributed by atoms with Crippen LogP contribution in [0.25, 0.3) is 0 Å². The molecule has 3 saturated carbocycles. The standard InChI is InChI=1S/C41H57NO8/c1-26(2)33-24-40(19-21-49-33,27-8-6-5-7-9-27)18-20-42-35(46)12-13-36(47)50-25-34(45)41(48)17-15-31-30-11-10-28-22-29(43)14-16-38(28,3)37(30)32(44)23-39(31,41)4/h5-9,22,26,30-33,37,44,48H,10-21,23-25H2,1-4H3,(H,42,46)/t30-,31-,32-,33?,37+,38-,39-,40?,41-/m0/s1. The van der Waals surface area contributed by atoms with Gasteiger partial charge in [0.15, 0.2) is 12.4 Å². The average molecular weight is 692 g/mol. The molecule has 1 aromatic carbocycles. The van der Waals surface area contributed by atoms with E-state index in [1.165, 1.54) is 5.56 Å². The lowest BCUT2D eigenvalue weighted by Crippen LogP contribution is -2.62. The monoisotopic (exact) mass is 691 g/mol. The number of nitrogens with one attached hydrogen (secondary N) is 1. The Kier molecular flexibility index (Phi) is 10.5. The van der Waals surface area contributed by atoms with Crippen molar-refractivity contribution in [2.75, 3.05) is 19.8 Å². The Balaban J connectivity index is 0.996. The molecule has 0 spiro atoms. The van der Waals surface area contributed by atoms with Crippen LogP contribution in [0.2, 0.25) is 0 Å². The number of ether oxygens (including phenoxy) is 2. The Morgan fingerprint density at radius 3 is 2.52 bits per heavy atom. The van der Waals surface area contributed by atoms with Crippen molar-refractivity contribution in [2.24, 2.45) is 34.5 Å². The van der Waals surface area contributed by atoms with Gasteiger partial charge in [0.05, 0.1) is 18.6 Å². The quantitative estimate of drug-likeness (QED) is 0.263. The van der Waals surface area contributed by atoms with Crippen LogP contribution in [0.5, 0.6) is 0 Å². The summed E-state index contributed by atoms with van der Waals surface area (Å²) in [5.41, 5.74) is -0.529. The number of amides is 1. The van der Waals surface area contributed by atoms with Gasteiger partial charge in [-0.15, -0.1) is 0 Å². The Bertz CT molecular complexity index is 1490. The summed E-state index contributed by atoms with van der Waals surface area (Å²) in [7, 11) is 0. The molecule has 1 aliphatic heterocycles. The van der Waals surface area contributed by atoms with Gasteiger partial charge in [-0.3, -0.25) is 19.2 Å². The summed E-state index contributed by atoms with van der Waals surface area (Å²) in [6.07, 6.45) is 7.56. The minimum Gasteiger partial charge on any atom is -0.458 e. The molecule has 0 bridgehead atoms. The lowest BCUT2D eigenvalue weighted by atomic mass is 9.45. The highest BCUT2D eigenvalue weighted by atomic mass is 16.5. The van der Waals surface area contributed by atoms with Gasteiger partial charge in [-0.25, -0.2) is 0 Å². The lowest BCUT2D eigenvalue weighted by molar-refractivity contribution is -0.184. The van der Waals surface area contributed by atoms with Crippen molar-refractivity contribution in [3.63, 3.8) is 0 Å². The second-order valence-electron chi connectivity index (χ2n) is 16.9. The molecular formula is C41H57NO8. The zero-order valence-corrected chi connectivity index (χ0v) is 30.4. The summed E-state index contributed by atoms with van der Waals surface area (Å²) >= 11 is 0. The normalized spacial score (nSPS) is 38.0. The average Bonchev–Trinajstić information content (AvgIpc) is 3.37. The highest BCUT2D eigenvalue weighted by Crippen LogP contribution is 2.67. The van der Waals surface area contributed by atoms with Crippen LogP contribution in [0, 0.1) is 34.5 Å². The van der Waals surface area contributed by atoms with Crippen molar-refractivity contribution in [3.8, 4) is 0 Å². The Morgan fingerprint density at radius 1 is 1.02 bits per heavy atom. The molecule has 5 aliphatic rings. The topological polar surface area (TPSA) is 139 Å². The van der Waals surface area contributed by atoms with Gasteiger partial charge in [-0.05, 0) is 98.5 Å². The highest BCUT2D eigenvalue weighted by molar-refractivity contribution is 5.92. The van der Waals surface area contributed by atoms with Crippen molar-refractivity contribution >= 4 is 23.4 Å². The van der Waals surface area contributed by atoms with Crippen molar-refractivity contribution in [1.82, 2.24) is 5.32 Å². The zero-order valence-electron chi connectivity index (χ0n) is 30.4. The van der Waals surface area contributed by atoms with E-state index in [-0.39, 0.29) is 72.1 Å². The van der Waals surface area contributed by atoms with Crippen LogP contribution in [-0.2, 0) is 34.1 Å². The predicted octanol–water partition coefficient (Wildman–Crippen LogP) is 5.39. The highest BCUT2D eigenvalue weighted by Gasteiger charge is 2.68. The second kappa shape index (κ2) is 14.3. The predicted molar refractivity (Wildman–Crippen MR) is 188 cm³/mol. The van der Waals surface area contributed by atoms with Crippen molar-refractivity contribution in [2.45, 2.75) is 128 Å². The number of Topliss-reactive ketones (excluding diaryl/α,β-unsaturated/α-hetero) is 1. The zero-order chi connectivity index (χ0) is 35.9. The second-order valence-corrected chi connectivity index (χ2v) is 16.9. The molecule has 1 saturated heterocycles. The van der Waals surface area contributed by atoms with Crippen LogP contribution in [0.4, 0.5) is 0 Å². The fourth-order valence-corrected chi connectivity index (χ4v) is 11.0. The maximum atomic E-state index is 13.6. The number of benzene rings is 1. The van der Waals surface area contributed by atoms with Crippen molar-refractivity contribution in [1.29, 1.82) is 0 Å². The Morgan fingerprint density at radius 2 is 1.78 bits per heavy atom. The van der Waals surface area contributed by atoms with E-state index in [2.05, 4.69) is 50.4 Å². The van der Waals surface area contributed by atoms with Crippen LogP contribution in [-0.4, -0.2) is 71.2 Å². The van der Waals surface area contributed by atoms with E-state index in [4.69, 9.17) is 9.47 Å². The van der Waals surface area contributed by atoms with Crippen LogP contribution in [0.15, 0.2) is 42.0 Å². The van der Waals surface area contributed by atoms with E-state index < -0.39 is 35.5 Å². The van der Waals surface area contributed by atoms with Crippen molar-refractivity contribution in [3.05, 3.63) is 47.5 Å². The molecule has 1 heterocycles.